The smallest absolute Gasteiger partial charge is 0.305 e. The Bertz CT molecular complexity index is 618. The van der Waals surface area contributed by atoms with Gasteiger partial charge in [-0.2, -0.15) is 0 Å². The van der Waals surface area contributed by atoms with Crippen LogP contribution in [0.4, 0.5) is 0 Å². The molecule has 1 aromatic carbocycles. The minimum Gasteiger partial charge on any atom is -0.481 e. The molecule has 1 aliphatic heterocycles. The van der Waals surface area contributed by atoms with Crippen LogP contribution in [-0.2, 0) is 14.3 Å². The summed E-state index contributed by atoms with van der Waals surface area (Å²) in [5.41, 5.74) is 3.29. The molecular weight excluding hydrogens is 306 g/mol. The Morgan fingerprint density at radius 3 is 2.62 bits per heavy atom. The van der Waals surface area contributed by atoms with E-state index in [9.17, 15) is 9.59 Å². The third kappa shape index (κ3) is 5.20. The number of carbonyl (C=O) groups excluding carboxylic acids is 1. The van der Waals surface area contributed by atoms with E-state index >= 15 is 0 Å². The number of carboxylic acids is 1. The number of aliphatic carboxylic acids is 1. The molecule has 0 atom stereocenters. The molecule has 1 amide bonds. The van der Waals surface area contributed by atoms with E-state index in [1.165, 1.54) is 5.56 Å². The number of nitrogens with zero attached hydrogens (tertiary/aromatic N) is 1. The maximum atomic E-state index is 12.6. The predicted octanol–water partition coefficient (Wildman–Crippen LogP) is 2.80. The Kier molecular flexibility index (Phi) is 6.55. The van der Waals surface area contributed by atoms with Crippen LogP contribution in [-0.4, -0.2) is 47.7 Å². The first-order chi connectivity index (χ1) is 11.5. The van der Waals surface area contributed by atoms with Crippen molar-refractivity contribution >= 4 is 18.0 Å². The van der Waals surface area contributed by atoms with Gasteiger partial charge in [0, 0.05) is 31.9 Å². The van der Waals surface area contributed by atoms with Gasteiger partial charge in [0.15, 0.2) is 0 Å². The van der Waals surface area contributed by atoms with Crippen LogP contribution in [0.3, 0.4) is 0 Å². The van der Waals surface area contributed by atoms with E-state index in [0.717, 1.165) is 24.0 Å². The molecule has 0 bridgehead atoms. The summed E-state index contributed by atoms with van der Waals surface area (Å²) in [4.78, 5) is 25.2. The number of carboxylic acid groups (broad SMARTS) is 1. The Hall–Kier alpha value is -2.14. The molecule has 0 spiro atoms. The number of carbonyl (C=O) groups is 2. The number of aryl methyl sites for hydroxylation is 2. The number of hydrogen-bond acceptors (Lipinski definition) is 3. The van der Waals surface area contributed by atoms with Crippen LogP contribution in [0.5, 0.6) is 0 Å². The van der Waals surface area contributed by atoms with Crippen molar-refractivity contribution in [1.82, 2.24) is 4.90 Å². The molecule has 1 saturated heterocycles. The Labute approximate surface area is 142 Å². The Morgan fingerprint density at radius 2 is 2.00 bits per heavy atom. The van der Waals surface area contributed by atoms with Gasteiger partial charge in [0.2, 0.25) is 5.91 Å². The number of amides is 1. The van der Waals surface area contributed by atoms with Gasteiger partial charge in [-0.05, 0) is 43.9 Å². The molecule has 1 N–H and O–H groups in total. The lowest BCUT2D eigenvalue weighted by atomic mass is 10.0. The average Bonchev–Trinajstić information content (AvgIpc) is 2.55. The predicted molar refractivity (Wildman–Crippen MR) is 92.8 cm³/mol. The average molecular weight is 331 g/mol. The second kappa shape index (κ2) is 8.64. The Morgan fingerprint density at radius 1 is 1.29 bits per heavy atom. The first-order valence-electron chi connectivity index (χ1n) is 8.33. The third-order valence-corrected chi connectivity index (χ3v) is 4.31. The van der Waals surface area contributed by atoms with Crippen LogP contribution in [0, 0.1) is 13.8 Å². The van der Waals surface area contributed by atoms with Gasteiger partial charge in [0.1, 0.15) is 0 Å². The fourth-order valence-corrected chi connectivity index (χ4v) is 2.96. The van der Waals surface area contributed by atoms with Crippen LogP contribution in [0.25, 0.3) is 6.08 Å². The molecule has 1 aliphatic rings. The van der Waals surface area contributed by atoms with Gasteiger partial charge in [-0.1, -0.05) is 23.8 Å². The van der Waals surface area contributed by atoms with Crippen LogP contribution >= 0.6 is 0 Å². The van der Waals surface area contributed by atoms with Crippen molar-refractivity contribution in [3.05, 3.63) is 41.0 Å². The molecule has 1 fully saturated rings. The van der Waals surface area contributed by atoms with E-state index in [2.05, 4.69) is 6.07 Å². The van der Waals surface area contributed by atoms with E-state index in [1.54, 1.807) is 11.0 Å². The lowest BCUT2D eigenvalue weighted by Crippen LogP contribution is -2.43. The van der Waals surface area contributed by atoms with Gasteiger partial charge in [-0.15, -0.1) is 0 Å². The van der Waals surface area contributed by atoms with E-state index in [4.69, 9.17) is 9.84 Å². The van der Waals surface area contributed by atoms with Gasteiger partial charge in [-0.3, -0.25) is 9.59 Å². The highest BCUT2D eigenvalue weighted by molar-refractivity contribution is 5.92. The maximum absolute atomic E-state index is 12.6. The molecular formula is C19H25NO4. The maximum Gasteiger partial charge on any atom is 0.305 e. The lowest BCUT2D eigenvalue weighted by molar-refractivity contribution is -0.138. The van der Waals surface area contributed by atoms with Gasteiger partial charge in [0.05, 0.1) is 6.42 Å². The van der Waals surface area contributed by atoms with E-state index in [0.29, 0.717) is 13.2 Å². The fraction of sp³-hybridized carbons (Fsp3) is 0.474. The molecule has 0 aromatic heterocycles. The number of rotatable bonds is 6. The van der Waals surface area contributed by atoms with Crippen molar-refractivity contribution in [1.29, 1.82) is 0 Å². The summed E-state index contributed by atoms with van der Waals surface area (Å²) in [6.45, 7) is 5.50. The second-order valence-electron chi connectivity index (χ2n) is 6.21. The molecule has 0 aliphatic carbocycles. The minimum atomic E-state index is -0.891. The zero-order chi connectivity index (χ0) is 17.5. The highest BCUT2D eigenvalue weighted by Gasteiger charge is 2.24. The first kappa shape index (κ1) is 18.2. The summed E-state index contributed by atoms with van der Waals surface area (Å²) in [6, 6.07) is 6.13. The summed E-state index contributed by atoms with van der Waals surface area (Å²) in [5.74, 6) is -1.03. The monoisotopic (exact) mass is 331 g/mol. The molecule has 130 valence electrons. The molecule has 5 heteroatoms. The standard InChI is InChI=1S/C19H25NO4/c1-14-3-4-16(15(2)13-14)5-6-18(21)20(10-7-19(22)23)17-8-11-24-12-9-17/h3-6,13,17H,7-12H2,1-2H3,(H,22,23). The van der Waals surface area contributed by atoms with Crippen LogP contribution in [0.2, 0.25) is 0 Å². The van der Waals surface area contributed by atoms with E-state index < -0.39 is 5.97 Å². The molecule has 1 heterocycles. The fourth-order valence-electron chi connectivity index (χ4n) is 2.96. The van der Waals surface area contributed by atoms with Crippen molar-refractivity contribution < 1.29 is 19.4 Å². The highest BCUT2D eigenvalue weighted by atomic mass is 16.5. The normalized spacial score (nSPS) is 15.6. The molecule has 2 rings (SSSR count). The number of hydrogen-bond donors (Lipinski definition) is 1. The number of benzene rings is 1. The molecule has 0 unspecified atom stereocenters. The van der Waals surface area contributed by atoms with Gasteiger partial charge in [0.25, 0.3) is 0 Å². The SMILES string of the molecule is Cc1ccc(C=CC(=O)N(CCC(=O)O)C2CCOCC2)c(C)c1. The van der Waals surface area contributed by atoms with Crippen LogP contribution in [0.15, 0.2) is 24.3 Å². The van der Waals surface area contributed by atoms with Crippen molar-refractivity contribution in [3.8, 4) is 0 Å². The molecule has 5 nitrogen and oxygen atoms in total. The van der Waals surface area contributed by atoms with Crippen molar-refractivity contribution in [2.24, 2.45) is 0 Å². The first-order valence-corrected chi connectivity index (χ1v) is 8.33. The van der Waals surface area contributed by atoms with Crippen LogP contribution in [0.1, 0.15) is 36.0 Å². The third-order valence-electron chi connectivity index (χ3n) is 4.31. The number of ether oxygens (including phenoxy) is 1. The molecule has 1 aromatic rings. The summed E-state index contributed by atoms with van der Waals surface area (Å²) in [7, 11) is 0. The summed E-state index contributed by atoms with van der Waals surface area (Å²) < 4.78 is 5.34. The summed E-state index contributed by atoms with van der Waals surface area (Å²) in [5, 5.41) is 8.93. The van der Waals surface area contributed by atoms with Gasteiger partial charge >= 0.3 is 5.97 Å². The summed E-state index contributed by atoms with van der Waals surface area (Å²) >= 11 is 0. The molecule has 24 heavy (non-hydrogen) atoms. The zero-order valence-corrected chi connectivity index (χ0v) is 14.3. The van der Waals surface area contributed by atoms with Crippen molar-refractivity contribution in [3.63, 3.8) is 0 Å². The minimum absolute atomic E-state index is 0.0412. The van der Waals surface area contributed by atoms with Crippen molar-refractivity contribution in [2.45, 2.75) is 39.2 Å². The molecule has 0 saturated carbocycles. The van der Waals surface area contributed by atoms with Gasteiger partial charge < -0.3 is 14.7 Å². The zero-order valence-electron chi connectivity index (χ0n) is 14.3. The highest BCUT2D eigenvalue weighted by Crippen LogP contribution is 2.17. The summed E-state index contributed by atoms with van der Waals surface area (Å²) in [6.07, 6.45) is 4.82. The quantitative estimate of drug-likeness (QED) is 0.814. The lowest BCUT2D eigenvalue weighted by Gasteiger charge is -2.33. The van der Waals surface area contributed by atoms with Crippen LogP contribution < -0.4 is 0 Å². The topological polar surface area (TPSA) is 66.8 Å². The Balaban J connectivity index is 2.10. The van der Waals surface area contributed by atoms with E-state index in [-0.39, 0.29) is 24.9 Å². The van der Waals surface area contributed by atoms with Gasteiger partial charge in [-0.25, -0.2) is 0 Å². The largest absolute Gasteiger partial charge is 0.481 e. The van der Waals surface area contributed by atoms with Crippen molar-refractivity contribution in [2.75, 3.05) is 19.8 Å². The molecule has 0 radical (unpaired) electrons. The second-order valence-corrected chi connectivity index (χ2v) is 6.21. The van der Waals surface area contributed by atoms with E-state index in [1.807, 2.05) is 32.1 Å².